The number of sulfonamides is 1. The zero-order valence-corrected chi connectivity index (χ0v) is 20.4. The molecule has 0 radical (unpaired) electrons. The zero-order valence-electron chi connectivity index (χ0n) is 19.6. The molecule has 33 heavy (non-hydrogen) atoms. The van der Waals surface area contributed by atoms with Crippen molar-refractivity contribution < 1.29 is 17.9 Å². The second-order valence-corrected chi connectivity index (χ2v) is 10.5. The van der Waals surface area contributed by atoms with Gasteiger partial charge in [-0.1, -0.05) is 48.9 Å². The molecule has 0 atom stereocenters. The number of benzene rings is 2. The molecule has 2 aromatic carbocycles. The Balaban J connectivity index is 1.52. The van der Waals surface area contributed by atoms with Gasteiger partial charge in [0, 0.05) is 39.7 Å². The molecule has 1 aliphatic heterocycles. The molecule has 1 saturated heterocycles. The summed E-state index contributed by atoms with van der Waals surface area (Å²) in [5.74, 6) is 0.102. The van der Waals surface area contributed by atoms with E-state index in [9.17, 15) is 13.2 Å². The van der Waals surface area contributed by atoms with E-state index in [4.69, 9.17) is 4.74 Å². The number of methoxy groups -OCH3 is 1. The number of aryl methyl sites for hydroxylation is 2. The standard InChI is InChI=1S/C26H36N2O4S/c1-32-22-21-27(18-8-11-23-9-4-2-5-10-23)26(29)17-14-24-12-15-25(16-13-24)33(30,31)28-19-6-3-7-20-28/h2,4-5,9-10,12-13,15-16H,3,6-8,11,14,17-22H2,1H3. The minimum atomic E-state index is -3.42. The van der Waals surface area contributed by atoms with Crippen LogP contribution in [-0.2, 0) is 32.4 Å². The lowest BCUT2D eigenvalue weighted by Crippen LogP contribution is -2.35. The number of ether oxygens (including phenoxy) is 1. The molecule has 0 unspecified atom stereocenters. The van der Waals surface area contributed by atoms with Crippen LogP contribution in [0.3, 0.4) is 0 Å². The van der Waals surface area contributed by atoms with Gasteiger partial charge in [0.25, 0.3) is 0 Å². The SMILES string of the molecule is COCCN(CCCc1ccccc1)C(=O)CCc1ccc(S(=O)(=O)N2CCCCC2)cc1. The predicted octanol–water partition coefficient (Wildman–Crippen LogP) is 3.90. The van der Waals surface area contributed by atoms with Gasteiger partial charge in [0.1, 0.15) is 0 Å². The van der Waals surface area contributed by atoms with Gasteiger partial charge in [0.05, 0.1) is 11.5 Å². The third kappa shape index (κ3) is 7.66. The van der Waals surface area contributed by atoms with Crippen molar-refractivity contribution in [2.75, 3.05) is 39.9 Å². The molecule has 1 amide bonds. The second-order valence-electron chi connectivity index (χ2n) is 8.57. The van der Waals surface area contributed by atoms with E-state index >= 15 is 0 Å². The van der Waals surface area contributed by atoms with E-state index in [0.29, 0.717) is 50.5 Å². The smallest absolute Gasteiger partial charge is 0.243 e. The molecule has 2 aromatic rings. The van der Waals surface area contributed by atoms with Crippen LogP contribution in [0.25, 0.3) is 0 Å². The molecule has 1 fully saturated rings. The van der Waals surface area contributed by atoms with Crippen molar-refractivity contribution in [3.05, 3.63) is 65.7 Å². The summed E-state index contributed by atoms with van der Waals surface area (Å²) in [6.45, 7) is 2.99. The lowest BCUT2D eigenvalue weighted by atomic mass is 10.1. The van der Waals surface area contributed by atoms with Crippen molar-refractivity contribution in [3.63, 3.8) is 0 Å². The molecule has 0 aliphatic carbocycles. The van der Waals surface area contributed by atoms with Gasteiger partial charge < -0.3 is 9.64 Å². The highest BCUT2D eigenvalue weighted by molar-refractivity contribution is 7.89. The summed E-state index contributed by atoms with van der Waals surface area (Å²) in [5, 5.41) is 0. The molecule has 0 N–H and O–H groups in total. The van der Waals surface area contributed by atoms with Crippen LogP contribution in [0.5, 0.6) is 0 Å². The Bertz CT molecular complexity index is 956. The lowest BCUT2D eigenvalue weighted by Gasteiger charge is -2.26. The Hall–Kier alpha value is -2.22. The maximum atomic E-state index is 12.9. The minimum absolute atomic E-state index is 0.102. The maximum Gasteiger partial charge on any atom is 0.243 e. The zero-order chi connectivity index (χ0) is 23.5. The number of nitrogens with zero attached hydrogens (tertiary/aromatic N) is 2. The first-order valence-corrected chi connectivity index (χ1v) is 13.3. The number of hydrogen-bond acceptors (Lipinski definition) is 4. The van der Waals surface area contributed by atoms with E-state index in [1.807, 2.05) is 35.2 Å². The number of rotatable bonds is 12. The Labute approximate surface area is 198 Å². The normalized spacial score (nSPS) is 14.8. The van der Waals surface area contributed by atoms with E-state index in [2.05, 4.69) is 12.1 Å². The van der Waals surface area contributed by atoms with E-state index in [1.54, 1.807) is 23.5 Å². The molecule has 6 nitrogen and oxygen atoms in total. The van der Waals surface area contributed by atoms with Crippen molar-refractivity contribution >= 4 is 15.9 Å². The van der Waals surface area contributed by atoms with Crippen molar-refractivity contribution in [2.45, 2.75) is 49.8 Å². The fourth-order valence-corrected chi connectivity index (χ4v) is 5.69. The topological polar surface area (TPSA) is 66.9 Å². The first-order chi connectivity index (χ1) is 16.0. The van der Waals surface area contributed by atoms with Gasteiger partial charge in [-0.3, -0.25) is 4.79 Å². The van der Waals surface area contributed by atoms with Gasteiger partial charge in [-0.2, -0.15) is 4.31 Å². The summed E-state index contributed by atoms with van der Waals surface area (Å²) in [6.07, 6.45) is 5.76. The molecule has 0 spiro atoms. The van der Waals surface area contributed by atoms with Gasteiger partial charge in [0.15, 0.2) is 0 Å². The van der Waals surface area contributed by atoms with Crippen LogP contribution < -0.4 is 0 Å². The molecule has 0 bridgehead atoms. The number of carbonyl (C=O) groups excluding carboxylic acids is 1. The van der Waals surface area contributed by atoms with Gasteiger partial charge in [-0.15, -0.1) is 0 Å². The Morgan fingerprint density at radius 3 is 2.24 bits per heavy atom. The molecule has 180 valence electrons. The number of carbonyl (C=O) groups is 1. The van der Waals surface area contributed by atoms with E-state index < -0.39 is 10.0 Å². The third-order valence-electron chi connectivity index (χ3n) is 6.16. The summed E-state index contributed by atoms with van der Waals surface area (Å²) in [7, 11) is -1.78. The Kier molecular flexibility index (Phi) is 9.91. The van der Waals surface area contributed by atoms with Gasteiger partial charge in [-0.25, -0.2) is 8.42 Å². The van der Waals surface area contributed by atoms with E-state index in [1.165, 1.54) is 5.56 Å². The lowest BCUT2D eigenvalue weighted by molar-refractivity contribution is -0.131. The molecule has 0 aromatic heterocycles. The van der Waals surface area contributed by atoms with Crippen molar-refractivity contribution in [1.29, 1.82) is 0 Å². The van der Waals surface area contributed by atoms with Crippen LogP contribution in [0.1, 0.15) is 43.2 Å². The van der Waals surface area contributed by atoms with Gasteiger partial charge in [0.2, 0.25) is 15.9 Å². The van der Waals surface area contributed by atoms with Gasteiger partial charge in [-0.05, 0) is 55.4 Å². The quantitative estimate of drug-likeness (QED) is 0.470. The molecule has 7 heteroatoms. The summed E-state index contributed by atoms with van der Waals surface area (Å²) < 4.78 is 32.4. The average molecular weight is 473 g/mol. The van der Waals surface area contributed by atoms with E-state index in [-0.39, 0.29) is 5.91 Å². The van der Waals surface area contributed by atoms with E-state index in [0.717, 1.165) is 37.7 Å². The largest absolute Gasteiger partial charge is 0.383 e. The van der Waals surface area contributed by atoms with Crippen molar-refractivity contribution in [1.82, 2.24) is 9.21 Å². The number of hydrogen-bond donors (Lipinski definition) is 0. The molecular weight excluding hydrogens is 436 g/mol. The average Bonchev–Trinajstić information content (AvgIpc) is 2.86. The third-order valence-corrected chi connectivity index (χ3v) is 8.07. The predicted molar refractivity (Wildman–Crippen MR) is 131 cm³/mol. The molecule has 3 rings (SSSR count). The second kappa shape index (κ2) is 12.9. The Morgan fingerprint density at radius 1 is 0.909 bits per heavy atom. The van der Waals surface area contributed by atoms with Crippen LogP contribution in [0.4, 0.5) is 0 Å². The van der Waals surface area contributed by atoms with Gasteiger partial charge >= 0.3 is 0 Å². The van der Waals surface area contributed by atoms with Crippen molar-refractivity contribution in [2.24, 2.45) is 0 Å². The molecule has 1 aliphatic rings. The minimum Gasteiger partial charge on any atom is -0.383 e. The fourth-order valence-electron chi connectivity index (χ4n) is 4.17. The maximum absolute atomic E-state index is 12.9. The van der Waals surface area contributed by atoms with Crippen LogP contribution in [-0.4, -0.2) is 63.4 Å². The van der Waals surface area contributed by atoms with Crippen LogP contribution >= 0.6 is 0 Å². The van der Waals surface area contributed by atoms with Crippen LogP contribution in [0, 0.1) is 0 Å². The molecule has 1 heterocycles. The molecular formula is C26H36N2O4S. The summed E-state index contributed by atoms with van der Waals surface area (Å²) in [6, 6.07) is 17.3. The number of piperidine rings is 1. The van der Waals surface area contributed by atoms with Crippen molar-refractivity contribution in [3.8, 4) is 0 Å². The Morgan fingerprint density at radius 2 is 1.58 bits per heavy atom. The summed E-state index contributed by atoms with van der Waals surface area (Å²) in [4.78, 5) is 15.1. The highest BCUT2D eigenvalue weighted by Gasteiger charge is 2.25. The first kappa shape index (κ1) is 25.4. The fraction of sp³-hybridized carbons (Fsp3) is 0.500. The first-order valence-electron chi connectivity index (χ1n) is 11.9. The molecule has 0 saturated carbocycles. The van der Waals surface area contributed by atoms with Crippen LogP contribution in [0.15, 0.2) is 59.5 Å². The van der Waals surface area contributed by atoms with Crippen LogP contribution in [0.2, 0.25) is 0 Å². The highest BCUT2D eigenvalue weighted by atomic mass is 32.2. The summed E-state index contributed by atoms with van der Waals surface area (Å²) >= 11 is 0. The number of amides is 1. The monoisotopic (exact) mass is 472 g/mol. The summed E-state index contributed by atoms with van der Waals surface area (Å²) in [5.41, 5.74) is 2.24. The highest BCUT2D eigenvalue weighted by Crippen LogP contribution is 2.21.